The zero-order valence-electron chi connectivity index (χ0n) is 8.26. The van der Waals surface area contributed by atoms with E-state index in [0.717, 1.165) is 0 Å². The van der Waals surface area contributed by atoms with E-state index in [2.05, 4.69) is 4.74 Å². The van der Waals surface area contributed by atoms with Crippen molar-refractivity contribution in [2.45, 2.75) is 30.7 Å². The van der Waals surface area contributed by atoms with Crippen LogP contribution in [0.3, 0.4) is 0 Å². The molecule has 1 aliphatic heterocycles. The summed E-state index contributed by atoms with van der Waals surface area (Å²) in [5.74, 6) is -1.19. The summed E-state index contributed by atoms with van der Waals surface area (Å²) in [7, 11) is 0. The average molecular weight is 238 g/mol. The number of carboxylic acids is 1. The molecule has 0 spiro atoms. The van der Waals surface area contributed by atoms with E-state index in [1.54, 1.807) is 0 Å². The van der Waals surface area contributed by atoms with Gasteiger partial charge in [0.05, 0.1) is 6.61 Å². The average Bonchev–Trinajstić information content (AvgIpc) is 2.22. The van der Waals surface area contributed by atoms with E-state index in [-0.39, 0.29) is 6.61 Å². The first-order chi connectivity index (χ1) is 7.43. The van der Waals surface area contributed by atoms with Crippen LogP contribution in [-0.4, -0.2) is 75.4 Å². The van der Waals surface area contributed by atoms with Gasteiger partial charge in [-0.2, -0.15) is 0 Å². The van der Waals surface area contributed by atoms with Gasteiger partial charge in [-0.05, 0) is 0 Å². The predicted molar refractivity (Wildman–Crippen MR) is 47.4 cm³/mol. The fourth-order valence-electron chi connectivity index (χ4n) is 1.33. The molecule has 0 amide bonds. The zero-order chi connectivity index (χ0) is 12.3. The van der Waals surface area contributed by atoms with Crippen molar-refractivity contribution >= 4 is 5.97 Å². The van der Waals surface area contributed by atoms with Gasteiger partial charge in [-0.3, -0.25) is 0 Å². The molecule has 1 aliphatic rings. The Morgan fingerprint density at radius 3 is 2.31 bits per heavy atom. The highest BCUT2D eigenvalue weighted by Gasteiger charge is 2.42. The standard InChI is InChI=1S/C8H14O8/c9-4(10)2-15-1-3-5(11)6(12)7(13)8(14)16-3/h3,5-8,11-14H,1-2H2,(H,9,10)/t3-,5-,6+,7-,8?/m1/s1. The summed E-state index contributed by atoms with van der Waals surface area (Å²) >= 11 is 0. The lowest BCUT2D eigenvalue weighted by Crippen LogP contribution is -2.58. The Labute approximate surface area is 90.6 Å². The Morgan fingerprint density at radius 1 is 1.12 bits per heavy atom. The van der Waals surface area contributed by atoms with Crippen LogP contribution in [0, 0.1) is 0 Å². The molecule has 5 atom stereocenters. The largest absolute Gasteiger partial charge is 0.480 e. The lowest BCUT2D eigenvalue weighted by Gasteiger charge is -2.38. The Balaban J connectivity index is 2.44. The van der Waals surface area contributed by atoms with Gasteiger partial charge in [-0.25, -0.2) is 4.79 Å². The third kappa shape index (κ3) is 3.11. The van der Waals surface area contributed by atoms with Gasteiger partial charge in [0.25, 0.3) is 0 Å². The summed E-state index contributed by atoms with van der Waals surface area (Å²) in [6, 6.07) is 0. The van der Waals surface area contributed by atoms with E-state index >= 15 is 0 Å². The van der Waals surface area contributed by atoms with Gasteiger partial charge in [0.15, 0.2) is 6.29 Å². The van der Waals surface area contributed by atoms with Crippen LogP contribution in [0.15, 0.2) is 0 Å². The molecule has 0 aliphatic carbocycles. The van der Waals surface area contributed by atoms with Crippen molar-refractivity contribution in [1.82, 2.24) is 0 Å². The normalized spacial score (nSPS) is 39.6. The van der Waals surface area contributed by atoms with E-state index in [0.29, 0.717) is 0 Å². The lowest BCUT2D eigenvalue weighted by atomic mass is 9.99. The van der Waals surface area contributed by atoms with E-state index in [4.69, 9.17) is 20.1 Å². The van der Waals surface area contributed by atoms with Gasteiger partial charge in [0, 0.05) is 0 Å². The number of ether oxygens (including phenoxy) is 2. The Hall–Kier alpha value is -0.770. The summed E-state index contributed by atoms with van der Waals surface area (Å²) in [6.07, 6.45) is -7.36. The summed E-state index contributed by atoms with van der Waals surface area (Å²) in [4.78, 5) is 10.1. The second-order valence-electron chi connectivity index (χ2n) is 3.45. The molecule has 1 unspecified atom stereocenters. The molecule has 0 aromatic carbocycles. The van der Waals surface area contributed by atoms with Gasteiger partial charge < -0.3 is 35.0 Å². The molecule has 0 aromatic rings. The number of carboxylic acid groups (broad SMARTS) is 1. The highest BCUT2D eigenvalue weighted by molar-refractivity contribution is 5.67. The molecule has 8 heteroatoms. The monoisotopic (exact) mass is 238 g/mol. The first-order valence-corrected chi connectivity index (χ1v) is 4.60. The fourth-order valence-corrected chi connectivity index (χ4v) is 1.33. The summed E-state index contributed by atoms with van der Waals surface area (Å²) in [6.45, 7) is -0.893. The minimum absolute atomic E-state index is 0.311. The molecular weight excluding hydrogens is 224 g/mol. The van der Waals surface area contributed by atoms with E-state index in [9.17, 15) is 15.0 Å². The van der Waals surface area contributed by atoms with Crippen molar-refractivity contribution < 1.29 is 39.8 Å². The minimum Gasteiger partial charge on any atom is -0.480 e. The molecule has 16 heavy (non-hydrogen) atoms. The third-order valence-corrected chi connectivity index (χ3v) is 2.19. The molecule has 8 nitrogen and oxygen atoms in total. The summed E-state index contributed by atoms with van der Waals surface area (Å²) in [5, 5.41) is 45.2. The Bertz CT molecular complexity index is 244. The molecular formula is C8H14O8. The van der Waals surface area contributed by atoms with Gasteiger partial charge in [0.2, 0.25) is 0 Å². The van der Waals surface area contributed by atoms with Crippen LogP contribution < -0.4 is 0 Å². The molecule has 1 rings (SSSR count). The van der Waals surface area contributed by atoms with Crippen LogP contribution in [0.1, 0.15) is 0 Å². The van der Waals surface area contributed by atoms with Gasteiger partial charge >= 0.3 is 5.97 Å². The van der Waals surface area contributed by atoms with Crippen molar-refractivity contribution in [1.29, 1.82) is 0 Å². The molecule has 5 N–H and O–H groups in total. The first-order valence-electron chi connectivity index (χ1n) is 4.60. The summed E-state index contributed by atoms with van der Waals surface area (Å²) in [5.41, 5.74) is 0. The smallest absolute Gasteiger partial charge is 0.329 e. The minimum atomic E-state index is -1.64. The van der Waals surface area contributed by atoms with E-state index < -0.39 is 43.3 Å². The number of aliphatic carboxylic acids is 1. The second-order valence-corrected chi connectivity index (χ2v) is 3.45. The Kier molecular flexibility index (Phi) is 4.59. The van der Waals surface area contributed by atoms with Crippen LogP contribution in [-0.2, 0) is 14.3 Å². The zero-order valence-corrected chi connectivity index (χ0v) is 8.26. The number of carbonyl (C=O) groups is 1. The topological polar surface area (TPSA) is 137 Å². The number of aliphatic hydroxyl groups is 4. The Morgan fingerprint density at radius 2 is 1.75 bits per heavy atom. The molecule has 0 radical (unpaired) electrons. The molecule has 0 saturated carbocycles. The molecule has 1 heterocycles. The van der Waals surface area contributed by atoms with E-state index in [1.165, 1.54) is 0 Å². The molecule has 1 saturated heterocycles. The summed E-state index contributed by atoms with van der Waals surface area (Å²) < 4.78 is 9.39. The molecule has 0 aromatic heterocycles. The van der Waals surface area contributed by atoms with Crippen molar-refractivity contribution in [2.24, 2.45) is 0 Å². The number of rotatable bonds is 4. The van der Waals surface area contributed by atoms with Gasteiger partial charge in [0.1, 0.15) is 31.0 Å². The maximum Gasteiger partial charge on any atom is 0.329 e. The molecule has 1 fully saturated rings. The fraction of sp³-hybridized carbons (Fsp3) is 0.875. The van der Waals surface area contributed by atoms with Crippen molar-refractivity contribution in [3.05, 3.63) is 0 Å². The van der Waals surface area contributed by atoms with Crippen LogP contribution in [0.25, 0.3) is 0 Å². The second kappa shape index (κ2) is 5.53. The highest BCUT2D eigenvalue weighted by Crippen LogP contribution is 2.19. The van der Waals surface area contributed by atoms with Crippen molar-refractivity contribution in [3.63, 3.8) is 0 Å². The van der Waals surface area contributed by atoms with Crippen LogP contribution >= 0.6 is 0 Å². The number of hydrogen-bond donors (Lipinski definition) is 5. The quantitative estimate of drug-likeness (QED) is 0.347. The van der Waals surface area contributed by atoms with E-state index in [1.807, 2.05) is 0 Å². The molecule has 0 bridgehead atoms. The van der Waals surface area contributed by atoms with Crippen LogP contribution in [0.2, 0.25) is 0 Å². The SMILES string of the molecule is O=C(O)COC[C@H]1OC(O)[C@H](O)[C@@H](O)[C@@H]1O. The number of aliphatic hydroxyl groups excluding tert-OH is 4. The first kappa shape index (κ1) is 13.3. The highest BCUT2D eigenvalue weighted by atomic mass is 16.6. The van der Waals surface area contributed by atoms with Gasteiger partial charge in [-0.15, -0.1) is 0 Å². The lowest BCUT2D eigenvalue weighted by molar-refractivity contribution is -0.288. The van der Waals surface area contributed by atoms with Gasteiger partial charge in [-0.1, -0.05) is 0 Å². The predicted octanol–water partition coefficient (Wildman–Crippen LogP) is -3.11. The van der Waals surface area contributed by atoms with Crippen molar-refractivity contribution in [3.8, 4) is 0 Å². The van der Waals surface area contributed by atoms with Crippen molar-refractivity contribution in [2.75, 3.05) is 13.2 Å². The maximum atomic E-state index is 10.1. The molecule has 94 valence electrons. The third-order valence-electron chi connectivity index (χ3n) is 2.19. The number of hydrogen-bond acceptors (Lipinski definition) is 7. The van der Waals surface area contributed by atoms with Crippen LogP contribution in [0.5, 0.6) is 0 Å². The maximum absolute atomic E-state index is 10.1. The van der Waals surface area contributed by atoms with Crippen LogP contribution in [0.4, 0.5) is 0 Å².